The predicted molar refractivity (Wildman–Crippen MR) is 71.2 cm³/mol. The molecule has 5 nitrogen and oxygen atoms in total. The minimum absolute atomic E-state index is 0.212. The number of anilines is 1. The lowest BCUT2D eigenvalue weighted by atomic mass is 10.0. The molecule has 2 heterocycles. The van der Waals surface area contributed by atoms with Gasteiger partial charge in [-0.25, -0.2) is 4.68 Å². The van der Waals surface area contributed by atoms with Crippen LogP contribution in [-0.4, -0.2) is 29.5 Å². The normalized spacial score (nSPS) is 19.8. The van der Waals surface area contributed by atoms with Crippen LogP contribution < -0.4 is 10.9 Å². The summed E-state index contributed by atoms with van der Waals surface area (Å²) in [6.45, 7) is 4.76. The third-order valence-corrected chi connectivity index (χ3v) is 3.49. The zero-order chi connectivity index (χ0) is 13.0. The number of nitrogens with zero attached hydrogens (tertiary/aromatic N) is 2. The largest absolute Gasteiger partial charge is 0.382 e. The maximum absolute atomic E-state index is 11.8. The lowest BCUT2D eigenvalue weighted by Gasteiger charge is -2.22. The molecule has 1 aromatic heterocycles. The fourth-order valence-electron chi connectivity index (χ4n) is 2.04. The van der Waals surface area contributed by atoms with Gasteiger partial charge in [-0.2, -0.15) is 5.10 Å². The monoisotopic (exact) mass is 271 g/mol. The lowest BCUT2D eigenvalue weighted by Crippen LogP contribution is -2.27. The van der Waals surface area contributed by atoms with Crippen LogP contribution in [0.3, 0.4) is 0 Å². The van der Waals surface area contributed by atoms with E-state index < -0.39 is 0 Å². The Morgan fingerprint density at radius 1 is 1.67 bits per heavy atom. The molecule has 0 radical (unpaired) electrons. The van der Waals surface area contributed by atoms with Crippen molar-refractivity contribution in [3.05, 3.63) is 21.6 Å². The number of ether oxygens (including phenoxy) is 1. The first kappa shape index (κ1) is 13.4. The molecule has 0 spiro atoms. The quantitative estimate of drug-likeness (QED) is 0.907. The number of hydrogen-bond donors (Lipinski definition) is 1. The summed E-state index contributed by atoms with van der Waals surface area (Å²) < 4.78 is 6.75. The van der Waals surface area contributed by atoms with Gasteiger partial charge in [-0.3, -0.25) is 4.79 Å². The third kappa shape index (κ3) is 3.03. The Balaban J connectivity index is 2.01. The summed E-state index contributed by atoms with van der Waals surface area (Å²) in [7, 11) is 0. The topological polar surface area (TPSA) is 56.1 Å². The summed E-state index contributed by atoms with van der Waals surface area (Å²) in [6.07, 6.45) is 3.84. The van der Waals surface area contributed by atoms with E-state index in [1.165, 1.54) is 4.68 Å². The van der Waals surface area contributed by atoms with Gasteiger partial charge in [0.1, 0.15) is 5.02 Å². The molecule has 18 heavy (non-hydrogen) atoms. The summed E-state index contributed by atoms with van der Waals surface area (Å²) in [6, 6.07) is 0. The van der Waals surface area contributed by atoms with Gasteiger partial charge in [-0.15, -0.1) is 0 Å². The van der Waals surface area contributed by atoms with Gasteiger partial charge in [0, 0.05) is 19.7 Å². The van der Waals surface area contributed by atoms with Gasteiger partial charge in [-0.1, -0.05) is 11.6 Å². The standard InChI is InChI=1S/C12H18ClN3O2/c1-2-16-12(17)11(13)10(7-15-16)14-6-9-4-3-5-18-8-9/h7,9,14H,2-6,8H2,1H3. The van der Waals surface area contributed by atoms with Gasteiger partial charge in [-0.05, 0) is 25.7 Å². The zero-order valence-corrected chi connectivity index (χ0v) is 11.2. The molecule has 1 fully saturated rings. The van der Waals surface area contributed by atoms with Crippen LogP contribution in [0.1, 0.15) is 19.8 Å². The van der Waals surface area contributed by atoms with Crippen molar-refractivity contribution in [3.8, 4) is 0 Å². The highest BCUT2D eigenvalue weighted by atomic mass is 35.5. The molecule has 1 saturated heterocycles. The first-order chi connectivity index (χ1) is 8.72. The van der Waals surface area contributed by atoms with Crippen molar-refractivity contribution in [2.45, 2.75) is 26.3 Å². The Hall–Kier alpha value is -1.07. The van der Waals surface area contributed by atoms with Crippen LogP contribution in [0.15, 0.2) is 11.0 Å². The number of halogens is 1. The van der Waals surface area contributed by atoms with E-state index in [1.54, 1.807) is 6.20 Å². The second-order valence-electron chi connectivity index (χ2n) is 4.46. The van der Waals surface area contributed by atoms with Crippen LogP contribution in [0, 0.1) is 5.92 Å². The smallest absolute Gasteiger partial charge is 0.287 e. The molecule has 0 aromatic carbocycles. The van der Waals surface area contributed by atoms with E-state index in [9.17, 15) is 4.79 Å². The first-order valence-electron chi connectivity index (χ1n) is 6.29. The van der Waals surface area contributed by atoms with Crippen molar-refractivity contribution in [1.82, 2.24) is 9.78 Å². The highest BCUT2D eigenvalue weighted by Crippen LogP contribution is 2.18. The van der Waals surface area contributed by atoms with Crippen molar-refractivity contribution in [1.29, 1.82) is 0 Å². The maximum atomic E-state index is 11.8. The summed E-state index contributed by atoms with van der Waals surface area (Å²) in [5.74, 6) is 0.475. The molecule has 1 unspecified atom stereocenters. The molecule has 0 amide bonds. The van der Waals surface area contributed by atoms with Gasteiger partial charge >= 0.3 is 0 Å². The molecule has 1 aliphatic rings. The van der Waals surface area contributed by atoms with Gasteiger partial charge < -0.3 is 10.1 Å². The van der Waals surface area contributed by atoms with Gasteiger partial charge in [0.15, 0.2) is 0 Å². The van der Waals surface area contributed by atoms with Crippen molar-refractivity contribution in [3.63, 3.8) is 0 Å². The predicted octanol–water partition coefficient (Wildman–Crippen LogP) is 1.76. The molecule has 0 aliphatic carbocycles. The molecule has 100 valence electrons. The molecule has 1 aromatic rings. The first-order valence-corrected chi connectivity index (χ1v) is 6.67. The maximum Gasteiger partial charge on any atom is 0.287 e. The van der Waals surface area contributed by atoms with Gasteiger partial charge in [0.05, 0.1) is 18.5 Å². The molecule has 2 rings (SSSR count). The minimum atomic E-state index is -0.246. The average Bonchev–Trinajstić information content (AvgIpc) is 2.42. The van der Waals surface area contributed by atoms with Gasteiger partial charge in [0.2, 0.25) is 0 Å². The lowest BCUT2D eigenvalue weighted by molar-refractivity contribution is 0.0595. The highest BCUT2D eigenvalue weighted by Gasteiger charge is 2.15. The van der Waals surface area contributed by atoms with Crippen molar-refractivity contribution in [2.24, 2.45) is 5.92 Å². The number of nitrogens with one attached hydrogen (secondary N) is 1. The number of hydrogen-bond acceptors (Lipinski definition) is 4. The van der Waals surface area contributed by atoms with Crippen molar-refractivity contribution >= 4 is 17.3 Å². The molecular formula is C12H18ClN3O2. The van der Waals surface area contributed by atoms with E-state index in [4.69, 9.17) is 16.3 Å². The van der Waals surface area contributed by atoms with E-state index in [1.807, 2.05) is 6.92 Å². The minimum Gasteiger partial charge on any atom is -0.382 e. The molecule has 1 atom stereocenters. The van der Waals surface area contributed by atoms with Crippen LogP contribution in [0.25, 0.3) is 0 Å². The average molecular weight is 272 g/mol. The van der Waals surface area contributed by atoms with Crippen LogP contribution in [-0.2, 0) is 11.3 Å². The van der Waals surface area contributed by atoms with Crippen LogP contribution in [0.4, 0.5) is 5.69 Å². The Kier molecular flexibility index (Phi) is 4.60. The number of aryl methyl sites for hydroxylation is 1. The van der Waals surface area contributed by atoms with E-state index in [2.05, 4.69) is 10.4 Å². The van der Waals surface area contributed by atoms with Gasteiger partial charge in [0.25, 0.3) is 5.56 Å². The molecule has 6 heteroatoms. The van der Waals surface area contributed by atoms with Crippen molar-refractivity contribution < 1.29 is 4.74 Å². The molecule has 1 N–H and O–H groups in total. The second-order valence-corrected chi connectivity index (χ2v) is 4.84. The van der Waals surface area contributed by atoms with E-state index in [-0.39, 0.29) is 10.6 Å². The highest BCUT2D eigenvalue weighted by molar-refractivity contribution is 6.32. The Bertz CT molecular complexity index is 455. The van der Waals surface area contributed by atoms with Crippen LogP contribution in [0.2, 0.25) is 5.02 Å². The summed E-state index contributed by atoms with van der Waals surface area (Å²) in [5.41, 5.74) is 0.362. The zero-order valence-electron chi connectivity index (χ0n) is 10.5. The van der Waals surface area contributed by atoms with Crippen molar-refractivity contribution in [2.75, 3.05) is 25.1 Å². The third-order valence-electron chi connectivity index (χ3n) is 3.12. The van der Waals surface area contributed by atoms with Crippen LogP contribution in [0.5, 0.6) is 0 Å². The summed E-state index contributed by atoms with van der Waals surface area (Å²) in [5, 5.41) is 7.45. The molecule has 0 bridgehead atoms. The van der Waals surface area contributed by atoms with E-state index >= 15 is 0 Å². The van der Waals surface area contributed by atoms with E-state index in [0.29, 0.717) is 18.2 Å². The molecule has 1 aliphatic heterocycles. The summed E-state index contributed by atoms with van der Waals surface area (Å²) in [4.78, 5) is 11.8. The number of rotatable bonds is 4. The van der Waals surface area contributed by atoms with Crippen LogP contribution >= 0.6 is 11.6 Å². The fraction of sp³-hybridized carbons (Fsp3) is 0.667. The van der Waals surface area contributed by atoms with E-state index in [0.717, 1.165) is 32.6 Å². The molecular weight excluding hydrogens is 254 g/mol. The fourth-order valence-corrected chi connectivity index (χ4v) is 2.25. The molecule has 0 saturated carbocycles. The number of aromatic nitrogens is 2. The second kappa shape index (κ2) is 6.20. The summed E-state index contributed by atoms with van der Waals surface area (Å²) >= 11 is 6.03. The Labute approximate surface area is 111 Å². The Morgan fingerprint density at radius 3 is 3.17 bits per heavy atom. The SMILES string of the molecule is CCn1ncc(NCC2CCCOC2)c(Cl)c1=O. The Morgan fingerprint density at radius 2 is 2.50 bits per heavy atom.